The van der Waals surface area contributed by atoms with Gasteiger partial charge in [-0.05, 0) is 31.4 Å². The molecule has 2 aromatic rings. The van der Waals surface area contributed by atoms with Crippen LogP contribution in [0.1, 0.15) is 36.8 Å². The van der Waals surface area contributed by atoms with E-state index in [2.05, 4.69) is 25.8 Å². The minimum absolute atomic E-state index is 0.106. The van der Waals surface area contributed by atoms with Gasteiger partial charge in [-0.3, -0.25) is 9.59 Å². The molecule has 36 heavy (non-hydrogen) atoms. The van der Waals surface area contributed by atoms with Crippen molar-refractivity contribution in [2.45, 2.75) is 38.0 Å². The van der Waals surface area contributed by atoms with Gasteiger partial charge in [0.05, 0.1) is 31.4 Å². The number of hydrogen-bond donors (Lipinski definition) is 1. The molecule has 1 amide bonds. The molecule has 13 heteroatoms. The van der Waals surface area contributed by atoms with Crippen molar-refractivity contribution < 1.29 is 27.4 Å². The van der Waals surface area contributed by atoms with E-state index in [4.69, 9.17) is 10.00 Å². The molecule has 2 aliphatic rings. The zero-order valence-corrected chi connectivity index (χ0v) is 19.8. The van der Waals surface area contributed by atoms with Crippen LogP contribution in [0.15, 0.2) is 29.3 Å². The van der Waals surface area contributed by atoms with E-state index in [-0.39, 0.29) is 12.0 Å². The molecule has 0 radical (unpaired) electrons. The summed E-state index contributed by atoms with van der Waals surface area (Å²) in [5, 5.41) is 13.7. The van der Waals surface area contributed by atoms with Crippen LogP contribution in [0.3, 0.4) is 0 Å². The molecule has 4 heterocycles. The second-order valence-corrected chi connectivity index (χ2v) is 8.22. The Morgan fingerprint density at radius 1 is 1.25 bits per heavy atom. The lowest BCUT2D eigenvalue weighted by atomic mass is 10.1. The number of alkyl halides is 3. The summed E-state index contributed by atoms with van der Waals surface area (Å²) < 4.78 is 46.5. The Bertz CT molecular complexity index is 1100. The Morgan fingerprint density at radius 2 is 2.00 bits per heavy atom. The van der Waals surface area contributed by atoms with Gasteiger partial charge >= 0.3 is 6.18 Å². The van der Waals surface area contributed by atoms with Crippen molar-refractivity contribution in [3.05, 3.63) is 46.0 Å². The van der Waals surface area contributed by atoms with Crippen molar-refractivity contribution in [2.75, 3.05) is 44.8 Å². The average Bonchev–Trinajstić information content (AvgIpc) is 2.89. The van der Waals surface area contributed by atoms with E-state index < -0.39 is 23.0 Å². The number of aromatic nitrogens is 3. The fraction of sp³-hybridized carbons (Fsp3) is 0.522. The Hall–Kier alpha value is -3.66. The number of pyridine rings is 1. The molecule has 2 aromatic heterocycles. The molecule has 2 aliphatic heterocycles. The molecule has 0 spiro atoms. The van der Waals surface area contributed by atoms with E-state index in [9.17, 15) is 22.8 Å². The molecule has 0 aromatic carbocycles. The minimum atomic E-state index is -4.73. The third-order valence-electron chi connectivity index (χ3n) is 5.83. The van der Waals surface area contributed by atoms with Gasteiger partial charge in [-0.2, -0.15) is 23.5 Å². The molecule has 10 nitrogen and oxygen atoms in total. The largest absolute Gasteiger partial charge is 0.494 e. The standard InChI is InChI=1S/C17H22N4O2.C6H5F3N2O2/c18-12-14-4-5-16(19-13-14)20-6-8-21(9-7-20)17(22)11-15-3-1-2-10-23-15;1-13-3-2-10-11-5(12)4(3)6(7,8)9/h4-5,13,15H,1-3,6-11H2;2H,1H3,(H,11,12). The first-order valence-corrected chi connectivity index (χ1v) is 11.4. The van der Waals surface area contributed by atoms with Gasteiger partial charge in [0.1, 0.15) is 11.9 Å². The lowest BCUT2D eigenvalue weighted by Gasteiger charge is -2.36. The number of rotatable bonds is 4. The van der Waals surface area contributed by atoms with Crippen LogP contribution in [-0.4, -0.2) is 72.0 Å². The topological polar surface area (TPSA) is 124 Å². The maximum absolute atomic E-state index is 12.4. The molecule has 0 bridgehead atoms. The summed E-state index contributed by atoms with van der Waals surface area (Å²) in [7, 11) is 1.03. The Morgan fingerprint density at radius 3 is 2.53 bits per heavy atom. The van der Waals surface area contributed by atoms with E-state index in [0.717, 1.165) is 58.1 Å². The fourth-order valence-corrected chi connectivity index (χ4v) is 3.92. The molecule has 0 saturated carbocycles. The lowest BCUT2D eigenvalue weighted by molar-refractivity contribution is -0.140. The summed E-state index contributed by atoms with van der Waals surface area (Å²) in [6.45, 7) is 3.77. The summed E-state index contributed by atoms with van der Waals surface area (Å²) in [5.74, 6) is 0.479. The highest BCUT2D eigenvalue weighted by atomic mass is 19.4. The summed E-state index contributed by atoms with van der Waals surface area (Å²) in [6.07, 6.45) is 1.54. The van der Waals surface area contributed by atoms with Gasteiger partial charge in [-0.25, -0.2) is 10.1 Å². The van der Waals surface area contributed by atoms with Crippen molar-refractivity contribution in [1.82, 2.24) is 20.1 Å². The quantitative estimate of drug-likeness (QED) is 0.668. The first-order chi connectivity index (χ1) is 17.2. The number of amides is 1. The van der Waals surface area contributed by atoms with Crippen molar-refractivity contribution in [3.63, 3.8) is 0 Å². The monoisotopic (exact) mass is 508 g/mol. The Labute approximate surface area is 205 Å². The number of aromatic amines is 1. The highest BCUT2D eigenvalue weighted by Crippen LogP contribution is 2.32. The van der Waals surface area contributed by atoms with E-state index in [1.807, 2.05) is 11.0 Å². The molecule has 2 saturated heterocycles. The van der Waals surface area contributed by atoms with Crippen LogP contribution in [0.5, 0.6) is 5.75 Å². The van der Waals surface area contributed by atoms with Crippen molar-refractivity contribution in [2.24, 2.45) is 0 Å². The second-order valence-electron chi connectivity index (χ2n) is 8.22. The first kappa shape index (κ1) is 26.9. The summed E-state index contributed by atoms with van der Waals surface area (Å²) in [6, 6.07) is 5.72. The van der Waals surface area contributed by atoms with E-state index >= 15 is 0 Å². The number of hydrogen-bond acceptors (Lipinski definition) is 8. The highest BCUT2D eigenvalue weighted by molar-refractivity contribution is 5.77. The molecule has 194 valence electrons. The van der Waals surface area contributed by atoms with Crippen molar-refractivity contribution >= 4 is 11.7 Å². The SMILES string of the molecule is COc1cn[nH]c(=O)c1C(F)(F)F.N#Cc1ccc(N2CCN(C(=O)CC3CCCCO3)CC2)nc1. The average molecular weight is 509 g/mol. The van der Waals surface area contributed by atoms with Crippen LogP contribution < -0.4 is 15.2 Å². The van der Waals surface area contributed by atoms with Gasteiger partial charge in [-0.15, -0.1) is 0 Å². The van der Waals surface area contributed by atoms with Crippen LogP contribution in [0.25, 0.3) is 0 Å². The summed E-state index contributed by atoms with van der Waals surface area (Å²) >= 11 is 0. The van der Waals surface area contributed by atoms with Crippen LogP contribution in [-0.2, 0) is 15.7 Å². The van der Waals surface area contributed by atoms with Gasteiger partial charge < -0.3 is 19.3 Å². The van der Waals surface area contributed by atoms with Crippen LogP contribution in [0.4, 0.5) is 19.0 Å². The molecule has 2 fully saturated rings. The maximum Gasteiger partial charge on any atom is 0.425 e. The van der Waals surface area contributed by atoms with E-state index in [1.165, 1.54) is 0 Å². The van der Waals surface area contributed by atoms with Crippen LogP contribution in [0.2, 0.25) is 0 Å². The minimum Gasteiger partial charge on any atom is -0.494 e. The normalized spacial score (nSPS) is 18.0. The summed E-state index contributed by atoms with van der Waals surface area (Å²) in [4.78, 5) is 31.5. The van der Waals surface area contributed by atoms with Gasteiger partial charge in [0.2, 0.25) is 5.91 Å². The van der Waals surface area contributed by atoms with Crippen LogP contribution in [0, 0.1) is 11.3 Å². The zero-order chi connectivity index (χ0) is 26.1. The number of halogens is 3. The number of nitriles is 1. The fourth-order valence-electron chi connectivity index (χ4n) is 3.92. The molecule has 4 rings (SSSR count). The number of methoxy groups -OCH3 is 1. The third kappa shape index (κ3) is 7.17. The number of nitrogens with one attached hydrogen (secondary N) is 1. The zero-order valence-electron chi connectivity index (χ0n) is 19.8. The van der Waals surface area contributed by atoms with E-state index in [1.54, 1.807) is 17.4 Å². The molecular formula is C23H27F3N6O4. The van der Waals surface area contributed by atoms with Gasteiger partial charge in [-0.1, -0.05) is 0 Å². The molecule has 1 atom stereocenters. The number of ether oxygens (including phenoxy) is 2. The maximum atomic E-state index is 12.4. The van der Waals surface area contributed by atoms with Gasteiger partial charge in [0.25, 0.3) is 5.56 Å². The molecular weight excluding hydrogens is 481 g/mol. The van der Waals surface area contributed by atoms with Crippen molar-refractivity contribution in [1.29, 1.82) is 5.26 Å². The Kier molecular flexibility index (Phi) is 9.24. The van der Waals surface area contributed by atoms with Gasteiger partial charge in [0, 0.05) is 39.0 Å². The smallest absolute Gasteiger partial charge is 0.425 e. The molecule has 0 aliphatic carbocycles. The predicted octanol–water partition coefficient (Wildman–Crippen LogP) is 2.36. The highest BCUT2D eigenvalue weighted by Gasteiger charge is 2.38. The number of H-pyrrole nitrogens is 1. The van der Waals surface area contributed by atoms with Crippen molar-refractivity contribution in [3.8, 4) is 11.8 Å². The first-order valence-electron chi connectivity index (χ1n) is 11.4. The number of nitrogens with zero attached hydrogens (tertiary/aromatic N) is 5. The molecule has 1 N–H and O–H groups in total. The van der Waals surface area contributed by atoms with Crippen LogP contribution >= 0.6 is 0 Å². The molecule has 1 unspecified atom stereocenters. The number of carbonyl (C=O) groups is 1. The van der Waals surface area contributed by atoms with E-state index in [0.29, 0.717) is 25.1 Å². The third-order valence-corrected chi connectivity index (χ3v) is 5.83. The van der Waals surface area contributed by atoms with Gasteiger partial charge in [0.15, 0.2) is 11.3 Å². The second kappa shape index (κ2) is 12.3. The number of anilines is 1. The predicted molar refractivity (Wildman–Crippen MR) is 122 cm³/mol. The number of carbonyl (C=O) groups excluding carboxylic acids is 1. The number of piperazine rings is 1. The summed E-state index contributed by atoms with van der Waals surface area (Å²) in [5.41, 5.74) is -2.12. The Balaban J connectivity index is 0.000000236. The lowest BCUT2D eigenvalue weighted by Crippen LogP contribution is -2.49.